The normalized spacial score (nSPS) is 8.73. The molecule has 56 valence electrons. The van der Waals surface area contributed by atoms with E-state index in [1.54, 1.807) is 19.2 Å². The number of nitrogens with zero attached hydrogens (tertiary/aromatic N) is 1. The summed E-state index contributed by atoms with van der Waals surface area (Å²) in [4.78, 5) is 0. The van der Waals surface area contributed by atoms with Crippen LogP contribution in [0.5, 0.6) is 5.75 Å². The Kier molecular flexibility index (Phi) is 1.98. The topological polar surface area (TPSA) is 56.0 Å². The van der Waals surface area contributed by atoms with Gasteiger partial charge in [-0.3, -0.25) is 0 Å². The number of aromatic hydroxyl groups is 1. The molecule has 0 aliphatic carbocycles. The smallest absolute Gasteiger partial charge is 0.140 e. The van der Waals surface area contributed by atoms with Crippen LogP contribution in [0, 0.1) is 11.3 Å². The fourth-order valence-electron chi connectivity index (χ4n) is 0.896. The predicted octanol–water partition coefficient (Wildman–Crippen LogP) is 1.31. The van der Waals surface area contributed by atoms with E-state index in [1.807, 2.05) is 6.07 Å². The second-order valence-corrected chi connectivity index (χ2v) is 2.06. The third-order valence-electron chi connectivity index (χ3n) is 1.41. The minimum Gasteiger partial charge on any atom is -0.506 e. The molecule has 0 unspecified atom stereocenters. The molecule has 0 aromatic heterocycles. The maximum absolute atomic E-state index is 9.21. The number of hydrogen-bond donors (Lipinski definition) is 2. The standard InChI is InChI=1S/C8H8N2O/c1-10-8-6(5-9)3-2-4-7(8)11/h2-4,10-11H,1H3. The zero-order chi connectivity index (χ0) is 8.27. The van der Waals surface area contributed by atoms with Crippen LogP contribution in [0.25, 0.3) is 0 Å². The summed E-state index contributed by atoms with van der Waals surface area (Å²) >= 11 is 0. The number of phenols is 1. The molecule has 11 heavy (non-hydrogen) atoms. The van der Waals surface area contributed by atoms with Gasteiger partial charge >= 0.3 is 0 Å². The Morgan fingerprint density at radius 2 is 2.27 bits per heavy atom. The van der Waals surface area contributed by atoms with Gasteiger partial charge in [0.25, 0.3) is 0 Å². The van der Waals surface area contributed by atoms with E-state index >= 15 is 0 Å². The molecule has 0 atom stereocenters. The van der Waals surface area contributed by atoms with Crippen molar-refractivity contribution in [3.63, 3.8) is 0 Å². The van der Waals surface area contributed by atoms with Crippen LogP contribution in [0.4, 0.5) is 5.69 Å². The lowest BCUT2D eigenvalue weighted by molar-refractivity contribution is 0.477. The molecule has 3 nitrogen and oxygen atoms in total. The van der Waals surface area contributed by atoms with Gasteiger partial charge in [-0.25, -0.2) is 0 Å². The minimum atomic E-state index is 0.103. The molecule has 0 heterocycles. The molecule has 1 aromatic rings. The number of anilines is 1. The van der Waals surface area contributed by atoms with Crippen molar-refractivity contribution >= 4 is 5.69 Å². The van der Waals surface area contributed by atoms with Crippen LogP contribution >= 0.6 is 0 Å². The van der Waals surface area contributed by atoms with Gasteiger partial charge in [-0.05, 0) is 12.1 Å². The van der Waals surface area contributed by atoms with Gasteiger partial charge in [0.2, 0.25) is 0 Å². The number of phenolic OH excluding ortho intramolecular Hbond substituents is 1. The summed E-state index contributed by atoms with van der Waals surface area (Å²) in [7, 11) is 1.66. The third-order valence-corrected chi connectivity index (χ3v) is 1.41. The van der Waals surface area contributed by atoms with E-state index in [0.717, 1.165) is 0 Å². The van der Waals surface area contributed by atoms with E-state index in [2.05, 4.69) is 5.32 Å². The van der Waals surface area contributed by atoms with Crippen LogP contribution in [0.1, 0.15) is 5.56 Å². The lowest BCUT2D eigenvalue weighted by Crippen LogP contribution is -1.91. The number of hydrogen-bond acceptors (Lipinski definition) is 3. The molecule has 0 bridgehead atoms. The molecule has 0 saturated heterocycles. The van der Waals surface area contributed by atoms with Crippen LogP contribution in [0.3, 0.4) is 0 Å². The summed E-state index contributed by atoms with van der Waals surface area (Å²) in [6.45, 7) is 0. The fraction of sp³-hybridized carbons (Fsp3) is 0.125. The molecule has 0 aliphatic rings. The molecule has 1 aromatic carbocycles. The van der Waals surface area contributed by atoms with Gasteiger partial charge in [-0.15, -0.1) is 0 Å². The molecule has 1 rings (SSSR count). The van der Waals surface area contributed by atoms with Crippen LogP contribution < -0.4 is 5.32 Å². The van der Waals surface area contributed by atoms with Crippen LogP contribution in [-0.4, -0.2) is 12.2 Å². The van der Waals surface area contributed by atoms with Gasteiger partial charge in [0.15, 0.2) is 0 Å². The quantitative estimate of drug-likeness (QED) is 0.590. The van der Waals surface area contributed by atoms with Gasteiger partial charge < -0.3 is 10.4 Å². The average Bonchev–Trinajstić information content (AvgIpc) is 2.04. The fourth-order valence-corrected chi connectivity index (χ4v) is 0.896. The molecule has 0 saturated carbocycles. The summed E-state index contributed by atoms with van der Waals surface area (Å²) in [5.74, 6) is 0.103. The van der Waals surface area contributed by atoms with Crippen molar-refractivity contribution in [3.05, 3.63) is 23.8 Å². The van der Waals surface area contributed by atoms with Gasteiger partial charge in [0, 0.05) is 7.05 Å². The van der Waals surface area contributed by atoms with Crippen molar-refractivity contribution in [1.82, 2.24) is 0 Å². The Bertz CT molecular complexity index is 301. The molecular formula is C8H8N2O. The van der Waals surface area contributed by atoms with E-state index < -0.39 is 0 Å². The van der Waals surface area contributed by atoms with Crippen LogP contribution in [-0.2, 0) is 0 Å². The number of benzene rings is 1. The average molecular weight is 148 g/mol. The zero-order valence-electron chi connectivity index (χ0n) is 6.13. The lowest BCUT2D eigenvalue weighted by atomic mass is 10.2. The van der Waals surface area contributed by atoms with Crippen molar-refractivity contribution in [2.75, 3.05) is 12.4 Å². The first kappa shape index (κ1) is 7.42. The molecule has 0 spiro atoms. The number of rotatable bonds is 1. The highest BCUT2D eigenvalue weighted by Gasteiger charge is 2.02. The van der Waals surface area contributed by atoms with E-state index in [4.69, 9.17) is 5.26 Å². The SMILES string of the molecule is CNc1c(O)cccc1C#N. The summed E-state index contributed by atoms with van der Waals surface area (Å²) < 4.78 is 0. The second-order valence-electron chi connectivity index (χ2n) is 2.06. The van der Waals surface area contributed by atoms with E-state index in [0.29, 0.717) is 11.3 Å². The maximum Gasteiger partial charge on any atom is 0.140 e. The van der Waals surface area contributed by atoms with Crippen molar-refractivity contribution in [2.45, 2.75) is 0 Å². The zero-order valence-corrected chi connectivity index (χ0v) is 6.13. The Morgan fingerprint density at radius 1 is 1.55 bits per heavy atom. The van der Waals surface area contributed by atoms with Gasteiger partial charge in [-0.1, -0.05) is 6.07 Å². The Morgan fingerprint density at radius 3 is 2.73 bits per heavy atom. The van der Waals surface area contributed by atoms with Crippen molar-refractivity contribution in [1.29, 1.82) is 5.26 Å². The molecule has 3 heteroatoms. The Balaban J connectivity index is 3.27. The summed E-state index contributed by atoms with van der Waals surface area (Å²) in [6, 6.07) is 6.78. The van der Waals surface area contributed by atoms with E-state index in [9.17, 15) is 5.11 Å². The highest BCUT2D eigenvalue weighted by atomic mass is 16.3. The van der Waals surface area contributed by atoms with E-state index in [1.165, 1.54) is 6.07 Å². The molecular weight excluding hydrogens is 140 g/mol. The summed E-state index contributed by atoms with van der Waals surface area (Å²) in [5, 5.41) is 20.5. The monoisotopic (exact) mass is 148 g/mol. The second kappa shape index (κ2) is 2.93. The molecule has 0 amide bonds. The molecule has 0 fully saturated rings. The van der Waals surface area contributed by atoms with Gasteiger partial charge in [0.05, 0.1) is 11.3 Å². The number of para-hydroxylation sites is 1. The summed E-state index contributed by atoms with van der Waals surface area (Å²) in [6.07, 6.45) is 0. The molecule has 0 radical (unpaired) electrons. The molecule has 0 aliphatic heterocycles. The van der Waals surface area contributed by atoms with Crippen molar-refractivity contribution in [3.8, 4) is 11.8 Å². The first-order chi connectivity index (χ1) is 5.29. The number of nitrogens with one attached hydrogen (secondary N) is 1. The first-order valence-corrected chi connectivity index (χ1v) is 3.19. The third kappa shape index (κ3) is 1.24. The van der Waals surface area contributed by atoms with Gasteiger partial charge in [-0.2, -0.15) is 5.26 Å². The highest BCUT2D eigenvalue weighted by Crippen LogP contribution is 2.25. The Hall–Kier alpha value is -1.69. The van der Waals surface area contributed by atoms with E-state index in [-0.39, 0.29) is 5.75 Å². The molecule has 2 N–H and O–H groups in total. The predicted molar refractivity (Wildman–Crippen MR) is 42.4 cm³/mol. The largest absolute Gasteiger partial charge is 0.506 e. The first-order valence-electron chi connectivity index (χ1n) is 3.19. The van der Waals surface area contributed by atoms with Crippen molar-refractivity contribution in [2.24, 2.45) is 0 Å². The van der Waals surface area contributed by atoms with Gasteiger partial charge in [0.1, 0.15) is 11.8 Å². The van der Waals surface area contributed by atoms with Crippen LogP contribution in [0.15, 0.2) is 18.2 Å². The lowest BCUT2D eigenvalue weighted by Gasteiger charge is -2.03. The maximum atomic E-state index is 9.21. The van der Waals surface area contributed by atoms with Crippen molar-refractivity contribution < 1.29 is 5.11 Å². The number of nitriles is 1. The Labute approximate surface area is 64.9 Å². The van der Waals surface area contributed by atoms with Crippen LogP contribution in [0.2, 0.25) is 0 Å². The minimum absolute atomic E-state index is 0.103. The summed E-state index contributed by atoms with van der Waals surface area (Å²) in [5.41, 5.74) is 0.933. The highest BCUT2D eigenvalue weighted by molar-refractivity contribution is 5.65.